The van der Waals surface area contributed by atoms with Crippen LogP contribution in [0.2, 0.25) is 5.02 Å². The molecule has 1 N–H and O–H groups in total. The Labute approximate surface area is 192 Å². The number of para-hydroxylation sites is 1. The number of fused-ring (bicyclic) bond motifs is 3. The fourth-order valence-corrected chi connectivity index (χ4v) is 4.20. The van der Waals surface area contributed by atoms with E-state index in [0.29, 0.717) is 12.5 Å². The van der Waals surface area contributed by atoms with Crippen LogP contribution < -0.4 is 10.1 Å². The third-order valence-electron chi connectivity index (χ3n) is 5.99. The molecule has 0 radical (unpaired) electrons. The van der Waals surface area contributed by atoms with Gasteiger partial charge in [-0.1, -0.05) is 42.6 Å². The normalized spacial score (nSPS) is 13.9. The summed E-state index contributed by atoms with van der Waals surface area (Å²) in [5, 5.41) is 9.63. The van der Waals surface area contributed by atoms with Crippen molar-refractivity contribution in [3.63, 3.8) is 0 Å². The SMILES string of the molecule is CNc1nc2c(OC)cccc2c2nc(CN(CCC3CC3)Cc3ccc(Cl)cc3)nn12. The lowest BCUT2D eigenvalue weighted by atomic mass is 10.2. The number of benzene rings is 2. The van der Waals surface area contributed by atoms with Crippen molar-refractivity contribution in [2.45, 2.75) is 32.4 Å². The van der Waals surface area contributed by atoms with Crippen LogP contribution in [0.3, 0.4) is 0 Å². The summed E-state index contributed by atoms with van der Waals surface area (Å²) in [5.74, 6) is 3.01. The summed E-state index contributed by atoms with van der Waals surface area (Å²) in [6.45, 7) is 2.53. The zero-order valence-corrected chi connectivity index (χ0v) is 19.1. The van der Waals surface area contributed by atoms with Crippen molar-refractivity contribution in [3.8, 4) is 5.75 Å². The molecule has 4 aromatic rings. The maximum atomic E-state index is 6.07. The molecular formula is C24H27ClN6O. The molecule has 1 aliphatic rings. The van der Waals surface area contributed by atoms with E-state index in [1.165, 1.54) is 24.8 Å². The number of anilines is 1. The van der Waals surface area contributed by atoms with Gasteiger partial charge < -0.3 is 10.1 Å². The Kier molecular flexibility index (Phi) is 5.85. The fourth-order valence-electron chi connectivity index (χ4n) is 4.08. The molecule has 7 nitrogen and oxygen atoms in total. The first-order valence-electron chi connectivity index (χ1n) is 11.0. The fraction of sp³-hybridized carbons (Fsp3) is 0.375. The molecule has 166 valence electrons. The van der Waals surface area contributed by atoms with Gasteiger partial charge in [0.1, 0.15) is 11.3 Å². The summed E-state index contributed by atoms with van der Waals surface area (Å²) in [7, 11) is 3.50. The Bertz CT molecular complexity index is 1230. The van der Waals surface area contributed by atoms with Gasteiger partial charge in [0.2, 0.25) is 5.95 Å². The minimum atomic E-state index is 0.637. The Morgan fingerprint density at radius 1 is 1.12 bits per heavy atom. The predicted octanol–water partition coefficient (Wildman–Crippen LogP) is 4.78. The van der Waals surface area contributed by atoms with E-state index in [4.69, 9.17) is 31.4 Å². The van der Waals surface area contributed by atoms with Gasteiger partial charge in [-0.15, -0.1) is 5.10 Å². The second-order valence-corrected chi connectivity index (χ2v) is 8.81. The monoisotopic (exact) mass is 450 g/mol. The van der Waals surface area contributed by atoms with Gasteiger partial charge in [-0.3, -0.25) is 4.90 Å². The lowest BCUT2D eigenvalue weighted by Gasteiger charge is -2.21. The first kappa shape index (κ1) is 21.0. The summed E-state index contributed by atoms with van der Waals surface area (Å²) < 4.78 is 7.31. The third kappa shape index (κ3) is 4.36. The van der Waals surface area contributed by atoms with Crippen LogP contribution in [0.5, 0.6) is 5.75 Å². The van der Waals surface area contributed by atoms with E-state index >= 15 is 0 Å². The maximum Gasteiger partial charge on any atom is 0.226 e. The molecule has 0 atom stereocenters. The van der Waals surface area contributed by atoms with Crippen molar-refractivity contribution in [1.82, 2.24) is 24.5 Å². The van der Waals surface area contributed by atoms with E-state index in [2.05, 4.69) is 22.3 Å². The highest BCUT2D eigenvalue weighted by Gasteiger charge is 2.23. The number of halogens is 1. The lowest BCUT2D eigenvalue weighted by Crippen LogP contribution is -2.25. The Morgan fingerprint density at radius 3 is 2.66 bits per heavy atom. The van der Waals surface area contributed by atoms with Crippen LogP contribution in [-0.4, -0.2) is 45.2 Å². The molecule has 1 saturated carbocycles. The van der Waals surface area contributed by atoms with Crippen molar-refractivity contribution in [2.24, 2.45) is 5.92 Å². The standard InChI is InChI=1S/C24H27ClN6O/c1-26-24-28-22-19(4-3-5-20(22)32-2)23-27-21(29-31(23)24)15-30(13-12-16-6-7-16)14-17-8-10-18(25)11-9-17/h3-5,8-11,16H,6-7,12-15H2,1-2H3,(H,26,28). The number of aromatic nitrogens is 4. The Balaban J connectivity index is 1.48. The maximum absolute atomic E-state index is 6.07. The van der Waals surface area contributed by atoms with Gasteiger partial charge in [0.25, 0.3) is 0 Å². The van der Waals surface area contributed by atoms with Crippen LogP contribution in [0.4, 0.5) is 5.95 Å². The molecule has 2 aromatic heterocycles. The largest absolute Gasteiger partial charge is 0.494 e. The van der Waals surface area contributed by atoms with E-state index < -0.39 is 0 Å². The first-order chi connectivity index (χ1) is 15.6. The highest BCUT2D eigenvalue weighted by molar-refractivity contribution is 6.30. The van der Waals surface area contributed by atoms with E-state index in [9.17, 15) is 0 Å². The molecule has 2 aromatic carbocycles. The summed E-state index contributed by atoms with van der Waals surface area (Å²) in [5.41, 5.74) is 2.79. The molecule has 1 fully saturated rings. The third-order valence-corrected chi connectivity index (χ3v) is 6.24. The summed E-state index contributed by atoms with van der Waals surface area (Å²) >= 11 is 6.07. The quantitative estimate of drug-likeness (QED) is 0.395. The van der Waals surface area contributed by atoms with E-state index in [0.717, 1.165) is 52.2 Å². The molecule has 0 unspecified atom stereocenters. The molecule has 0 saturated heterocycles. The van der Waals surface area contributed by atoms with Crippen LogP contribution in [0, 0.1) is 5.92 Å². The highest BCUT2D eigenvalue weighted by atomic mass is 35.5. The smallest absolute Gasteiger partial charge is 0.226 e. The van der Waals surface area contributed by atoms with Crippen molar-refractivity contribution >= 4 is 34.1 Å². The molecule has 0 aliphatic heterocycles. The van der Waals surface area contributed by atoms with Crippen LogP contribution >= 0.6 is 11.6 Å². The number of hydrogen-bond donors (Lipinski definition) is 1. The van der Waals surface area contributed by atoms with Crippen molar-refractivity contribution in [2.75, 3.05) is 26.0 Å². The molecule has 5 rings (SSSR count). The predicted molar refractivity (Wildman–Crippen MR) is 127 cm³/mol. The second kappa shape index (κ2) is 8.92. The number of hydrogen-bond acceptors (Lipinski definition) is 6. The highest BCUT2D eigenvalue weighted by Crippen LogP contribution is 2.33. The Hall–Kier alpha value is -2.90. The summed E-state index contributed by atoms with van der Waals surface area (Å²) in [6.07, 6.45) is 3.92. The van der Waals surface area contributed by atoms with Gasteiger partial charge >= 0.3 is 0 Å². The first-order valence-corrected chi connectivity index (χ1v) is 11.4. The van der Waals surface area contributed by atoms with Gasteiger partial charge in [0, 0.05) is 24.0 Å². The van der Waals surface area contributed by atoms with Gasteiger partial charge in [-0.05, 0) is 48.7 Å². The van der Waals surface area contributed by atoms with Crippen LogP contribution in [-0.2, 0) is 13.1 Å². The minimum Gasteiger partial charge on any atom is -0.494 e. The molecule has 0 spiro atoms. The number of methoxy groups -OCH3 is 1. The van der Waals surface area contributed by atoms with E-state index in [1.807, 2.05) is 37.4 Å². The van der Waals surface area contributed by atoms with Gasteiger partial charge in [0.15, 0.2) is 11.5 Å². The van der Waals surface area contributed by atoms with Crippen LogP contribution in [0.25, 0.3) is 16.6 Å². The number of rotatable bonds is 9. The van der Waals surface area contributed by atoms with E-state index in [-0.39, 0.29) is 0 Å². The minimum absolute atomic E-state index is 0.637. The second-order valence-electron chi connectivity index (χ2n) is 8.37. The molecular weight excluding hydrogens is 424 g/mol. The number of nitrogens with one attached hydrogen (secondary N) is 1. The van der Waals surface area contributed by atoms with Crippen LogP contribution in [0.1, 0.15) is 30.7 Å². The lowest BCUT2D eigenvalue weighted by molar-refractivity contribution is 0.242. The molecule has 8 heteroatoms. The zero-order valence-electron chi connectivity index (χ0n) is 18.4. The zero-order chi connectivity index (χ0) is 22.1. The molecule has 0 amide bonds. The average molecular weight is 451 g/mol. The van der Waals surface area contributed by atoms with Crippen molar-refractivity contribution in [3.05, 3.63) is 58.9 Å². The average Bonchev–Trinajstić information content (AvgIpc) is 3.55. The van der Waals surface area contributed by atoms with E-state index in [1.54, 1.807) is 11.6 Å². The molecule has 32 heavy (non-hydrogen) atoms. The number of ether oxygens (including phenoxy) is 1. The number of nitrogens with zero attached hydrogens (tertiary/aromatic N) is 5. The topological polar surface area (TPSA) is 67.6 Å². The van der Waals surface area contributed by atoms with Crippen LogP contribution in [0.15, 0.2) is 42.5 Å². The summed E-state index contributed by atoms with van der Waals surface area (Å²) in [4.78, 5) is 12.1. The Morgan fingerprint density at radius 2 is 1.94 bits per heavy atom. The van der Waals surface area contributed by atoms with Gasteiger partial charge in [-0.2, -0.15) is 4.52 Å². The molecule has 2 heterocycles. The van der Waals surface area contributed by atoms with Crippen molar-refractivity contribution < 1.29 is 4.74 Å². The summed E-state index contributed by atoms with van der Waals surface area (Å²) in [6, 6.07) is 14.0. The van der Waals surface area contributed by atoms with Gasteiger partial charge in [-0.25, -0.2) is 9.97 Å². The van der Waals surface area contributed by atoms with Gasteiger partial charge in [0.05, 0.1) is 13.7 Å². The molecule has 0 bridgehead atoms. The molecule has 1 aliphatic carbocycles. The van der Waals surface area contributed by atoms with Crippen molar-refractivity contribution in [1.29, 1.82) is 0 Å².